The highest BCUT2D eigenvalue weighted by atomic mass is 31.2. The maximum Gasteiger partial charge on any atom is 0.472 e. The van der Waals surface area contributed by atoms with Gasteiger partial charge in [-0.2, -0.15) is 0 Å². The Morgan fingerprint density at radius 3 is 1.45 bits per heavy atom. The zero-order chi connectivity index (χ0) is 43.9. The maximum atomic E-state index is 12.7. The van der Waals surface area contributed by atoms with Crippen molar-refractivity contribution in [2.45, 2.75) is 193 Å². The number of phosphoric acid groups is 1. The Morgan fingerprint density at radius 2 is 0.950 bits per heavy atom. The zero-order valence-corrected chi connectivity index (χ0v) is 38.8. The minimum absolute atomic E-state index is 0.00420. The monoisotopic (exact) mass is 863 g/mol. The van der Waals surface area contributed by atoms with E-state index in [2.05, 4.69) is 98.9 Å². The number of aliphatic hydroxyl groups is 2. The number of ether oxygens (including phenoxy) is 2. The number of carbonyl (C=O) groups excluding carboxylic acids is 1. The molecule has 60 heavy (non-hydrogen) atoms. The molecule has 0 heterocycles. The summed E-state index contributed by atoms with van der Waals surface area (Å²) < 4.78 is 33.4. The first-order valence-corrected chi connectivity index (χ1v) is 25.1. The number of phosphoric ester groups is 1. The summed E-state index contributed by atoms with van der Waals surface area (Å²) in [6, 6.07) is 0. The van der Waals surface area contributed by atoms with Crippen LogP contribution in [0.25, 0.3) is 0 Å². The van der Waals surface area contributed by atoms with Crippen LogP contribution in [-0.4, -0.2) is 66.3 Å². The fourth-order valence-electron chi connectivity index (χ4n) is 6.01. The average Bonchev–Trinajstić information content (AvgIpc) is 3.24. The Kier molecular flexibility index (Phi) is 44.3. The smallest absolute Gasteiger partial charge is 0.457 e. The van der Waals surface area contributed by atoms with Gasteiger partial charge in [-0.25, -0.2) is 4.57 Å². The number of rotatable bonds is 44. The second-order valence-electron chi connectivity index (χ2n) is 15.4. The maximum absolute atomic E-state index is 12.7. The van der Waals surface area contributed by atoms with Gasteiger partial charge < -0.3 is 24.6 Å². The molecule has 0 bridgehead atoms. The second-order valence-corrected chi connectivity index (χ2v) is 16.8. The highest BCUT2D eigenvalue weighted by Gasteiger charge is 2.26. The SMILES string of the molecule is CC/C=C\C/C=C\C/C=C\C/C=C\C/C=C\C/C=C\CCCOCC(COP(=O)(O)OCC(O)CO)OC(=O)CCCCCCCCCCC/C=C\CCCCCCCC. The molecule has 3 atom stereocenters. The first-order chi connectivity index (χ1) is 29.3. The van der Waals surface area contributed by atoms with E-state index in [1.54, 1.807) is 0 Å². The van der Waals surface area contributed by atoms with Gasteiger partial charge in [0.15, 0.2) is 0 Å². The standard InChI is InChI=1S/C50H87O9P/c1-3-5-7-9-11-13-15-17-19-21-23-25-27-29-31-33-35-37-39-41-43-56-46-49(47-58-60(54,55)57-45-48(52)44-51)59-50(53)42-40-38-36-34-32-30-28-26-24-22-20-18-16-14-12-10-8-6-4-2/h5,7,11,13,17-20,23,25,29,31,35,37,48-49,51-52H,3-4,6,8-10,12,14-16,21-22,24,26-28,30,32-34,36,38-47H2,1-2H3,(H,54,55)/b7-5-,13-11-,19-17-,20-18-,25-23-,31-29-,37-35-. The molecule has 0 saturated carbocycles. The quantitative estimate of drug-likeness (QED) is 0.0237. The molecule has 9 nitrogen and oxygen atoms in total. The van der Waals surface area contributed by atoms with Gasteiger partial charge in [-0.1, -0.05) is 176 Å². The van der Waals surface area contributed by atoms with Crippen molar-refractivity contribution in [2.75, 3.05) is 33.0 Å². The summed E-state index contributed by atoms with van der Waals surface area (Å²) >= 11 is 0. The lowest BCUT2D eigenvalue weighted by Crippen LogP contribution is -2.29. The van der Waals surface area contributed by atoms with Gasteiger partial charge in [0.2, 0.25) is 0 Å². The van der Waals surface area contributed by atoms with E-state index in [0.717, 1.165) is 70.6 Å². The minimum Gasteiger partial charge on any atom is -0.457 e. The van der Waals surface area contributed by atoms with Gasteiger partial charge in [-0.05, 0) is 83.5 Å². The van der Waals surface area contributed by atoms with Crippen molar-refractivity contribution in [3.05, 3.63) is 85.1 Å². The molecule has 0 aromatic rings. The van der Waals surface area contributed by atoms with Crippen molar-refractivity contribution >= 4 is 13.8 Å². The lowest BCUT2D eigenvalue weighted by molar-refractivity contribution is -0.154. The molecule has 10 heteroatoms. The van der Waals surface area contributed by atoms with Crippen molar-refractivity contribution in [1.82, 2.24) is 0 Å². The highest BCUT2D eigenvalue weighted by molar-refractivity contribution is 7.47. The molecule has 346 valence electrons. The van der Waals surface area contributed by atoms with Crippen molar-refractivity contribution in [1.29, 1.82) is 0 Å². The summed E-state index contributed by atoms with van der Waals surface area (Å²) in [4.78, 5) is 22.6. The minimum atomic E-state index is -4.54. The average molecular weight is 863 g/mol. The van der Waals surface area contributed by atoms with E-state index in [4.69, 9.17) is 23.6 Å². The van der Waals surface area contributed by atoms with Gasteiger partial charge in [-0.3, -0.25) is 13.8 Å². The molecule has 0 fully saturated rings. The van der Waals surface area contributed by atoms with Gasteiger partial charge in [0.25, 0.3) is 0 Å². The molecule has 0 aliphatic rings. The molecule has 0 aromatic carbocycles. The van der Waals surface area contributed by atoms with Gasteiger partial charge in [0.1, 0.15) is 12.2 Å². The Balaban J connectivity index is 4.25. The molecule has 0 aliphatic heterocycles. The molecular formula is C50H87O9P. The Bertz CT molecular complexity index is 1210. The summed E-state index contributed by atoms with van der Waals surface area (Å²) in [5, 5.41) is 18.4. The van der Waals surface area contributed by atoms with Crippen LogP contribution in [0.5, 0.6) is 0 Å². The Labute approximate surface area is 366 Å². The third-order valence-corrected chi connectivity index (χ3v) is 10.5. The van der Waals surface area contributed by atoms with Gasteiger partial charge in [0.05, 0.1) is 26.4 Å². The Morgan fingerprint density at radius 1 is 0.533 bits per heavy atom. The van der Waals surface area contributed by atoms with Crippen molar-refractivity contribution in [2.24, 2.45) is 0 Å². The lowest BCUT2D eigenvalue weighted by Gasteiger charge is -2.20. The molecule has 0 saturated heterocycles. The van der Waals surface area contributed by atoms with E-state index < -0.39 is 45.8 Å². The topological polar surface area (TPSA) is 132 Å². The number of esters is 1. The summed E-state index contributed by atoms with van der Waals surface area (Å²) in [5.74, 6) is -0.407. The van der Waals surface area contributed by atoms with Crippen LogP contribution in [0.1, 0.15) is 181 Å². The molecule has 0 spiro atoms. The normalized spacial score (nSPS) is 14.7. The molecule has 0 amide bonds. The number of hydrogen-bond donors (Lipinski definition) is 3. The number of allylic oxidation sites excluding steroid dienone is 14. The first-order valence-electron chi connectivity index (χ1n) is 23.6. The van der Waals surface area contributed by atoms with E-state index in [1.165, 1.54) is 83.5 Å². The van der Waals surface area contributed by atoms with E-state index >= 15 is 0 Å². The van der Waals surface area contributed by atoms with Crippen LogP contribution in [0, 0.1) is 0 Å². The molecule has 0 rings (SSSR count). The largest absolute Gasteiger partial charge is 0.472 e. The molecular weight excluding hydrogens is 776 g/mol. The van der Waals surface area contributed by atoms with E-state index in [0.29, 0.717) is 13.0 Å². The van der Waals surface area contributed by atoms with E-state index in [1.807, 2.05) is 0 Å². The Hall–Kier alpha value is -2.36. The third-order valence-electron chi connectivity index (χ3n) is 9.56. The summed E-state index contributed by atoms with van der Waals surface area (Å²) in [6.07, 6.45) is 57.0. The summed E-state index contributed by atoms with van der Waals surface area (Å²) in [5.41, 5.74) is 0. The lowest BCUT2D eigenvalue weighted by atomic mass is 10.1. The molecule has 3 unspecified atom stereocenters. The molecule has 0 aromatic heterocycles. The van der Waals surface area contributed by atoms with Gasteiger partial charge in [0, 0.05) is 13.0 Å². The number of carbonyl (C=O) groups is 1. The van der Waals surface area contributed by atoms with Crippen molar-refractivity contribution in [3.63, 3.8) is 0 Å². The van der Waals surface area contributed by atoms with Crippen molar-refractivity contribution < 1.29 is 43.0 Å². The summed E-state index contributed by atoms with van der Waals surface area (Å²) in [7, 11) is -4.54. The van der Waals surface area contributed by atoms with Crippen LogP contribution in [0.3, 0.4) is 0 Å². The van der Waals surface area contributed by atoms with Crippen LogP contribution in [0.2, 0.25) is 0 Å². The fourth-order valence-corrected chi connectivity index (χ4v) is 6.80. The van der Waals surface area contributed by atoms with E-state index in [-0.39, 0.29) is 13.0 Å². The number of hydrogen-bond acceptors (Lipinski definition) is 8. The van der Waals surface area contributed by atoms with Crippen LogP contribution >= 0.6 is 7.82 Å². The van der Waals surface area contributed by atoms with Crippen LogP contribution in [-0.2, 0) is 27.9 Å². The second kappa shape index (κ2) is 46.2. The first kappa shape index (κ1) is 57.6. The highest BCUT2D eigenvalue weighted by Crippen LogP contribution is 2.43. The third kappa shape index (κ3) is 45.2. The summed E-state index contributed by atoms with van der Waals surface area (Å²) in [6.45, 7) is 3.23. The number of aliphatic hydroxyl groups excluding tert-OH is 2. The molecule has 0 radical (unpaired) electrons. The predicted octanol–water partition coefficient (Wildman–Crippen LogP) is 13.5. The number of unbranched alkanes of at least 4 members (excludes halogenated alkanes) is 16. The van der Waals surface area contributed by atoms with Crippen LogP contribution in [0.4, 0.5) is 0 Å². The molecule has 0 aliphatic carbocycles. The van der Waals surface area contributed by atoms with Crippen LogP contribution in [0.15, 0.2) is 85.1 Å². The fraction of sp³-hybridized carbons (Fsp3) is 0.700. The van der Waals surface area contributed by atoms with Gasteiger partial charge >= 0.3 is 13.8 Å². The van der Waals surface area contributed by atoms with Gasteiger partial charge in [-0.15, -0.1) is 0 Å². The van der Waals surface area contributed by atoms with Crippen LogP contribution < -0.4 is 0 Å². The zero-order valence-electron chi connectivity index (χ0n) is 37.9. The predicted molar refractivity (Wildman–Crippen MR) is 251 cm³/mol. The van der Waals surface area contributed by atoms with E-state index in [9.17, 15) is 19.4 Å². The molecule has 3 N–H and O–H groups in total. The van der Waals surface area contributed by atoms with Crippen molar-refractivity contribution in [3.8, 4) is 0 Å².